The summed E-state index contributed by atoms with van der Waals surface area (Å²) in [6, 6.07) is 5.12. The van der Waals surface area contributed by atoms with Gasteiger partial charge in [0.05, 0.1) is 19.3 Å². The lowest BCUT2D eigenvalue weighted by molar-refractivity contribution is -0.191. The lowest BCUT2D eigenvalue weighted by atomic mass is 9.94. The van der Waals surface area contributed by atoms with Crippen molar-refractivity contribution in [3.63, 3.8) is 0 Å². The summed E-state index contributed by atoms with van der Waals surface area (Å²) in [6.07, 6.45) is -8.00. The normalized spacial score (nSPS) is 24.3. The van der Waals surface area contributed by atoms with Crippen molar-refractivity contribution in [2.45, 2.75) is 57.1 Å². The maximum Gasteiger partial charge on any atom is 0.471 e. The second kappa shape index (κ2) is 7.65. The molecule has 1 fully saturated rings. The number of amides is 1. The summed E-state index contributed by atoms with van der Waals surface area (Å²) >= 11 is 0. The van der Waals surface area contributed by atoms with Crippen LogP contribution in [0.2, 0.25) is 0 Å². The van der Waals surface area contributed by atoms with Gasteiger partial charge in [0, 0.05) is 7.05 Å². The quantitative estimate of drug-likeness (QED) is 0.836. The fraction of sp³-hybridized carbons (Fsp3) is 0.611. The summed E-state index contributed by atoms with van der Waals surface area (Å²) < 4.78 is 55.7. The molecule has 0 bridgehead atoms. The molecule has 1 N–H and O–H groups in total. The molecule has 152 valence electrons. The molecule has 4 atom stereocenters. The van der Waals surface area contributed by atoms with E-state index in [2.05, 4.69) is 0 Å². The molecule has 0 radical (unpaired) electrons. The van der Waals surface area contributed by atoms with Crippen molar-refractivity contribution in [1.82, 2.24) is 4.90 Å². The molecule has 1 aromatic carbocycles. The zero-order valence-electron chi connectivity index (χ0n) is 15.8. The largest absolute Gasteiger partial charge is 0.497 e. The van der Waals surface area contributed by atoms with E-state index in [1.165, 1.54) is 14.0 Å². The summed E-state index contributed by atoms with van der Waals surface area (Å²) in [5.74, 6) is -2.63. The van der Waals surface area contributed by atoms with Gasteiger partial charge in [0.25, 0.3) is 0 Å². The van der Waals surface area contributed by atoms with Crippen LogP contribution in [0.5, 0.6) is 5.75 Å². The molecule has 2 rings (SSSR count). The van der Waals surface area contributed by atoms with Crippen molar-refractivity contribution in [2.24, 2.45) is 0 Å². The summed E-state index contributed by atoms with van der Waals surface area (Å²) in [6.45, 7) is 4.65. The van der Waals surface area contributed by atoms with E-state index in [0.29, 0.717) is 16.2 Å². The van der Waals surface area contributed by atoms with Crippen LogP contribution in [-0.2, 0) is 14.3 Å². The van der Waals surface area contributed by atoms with Gasteiger partial charge in [-0.3, -0.25) is 4.79 Å². The number of alkyl halides is 3. The van der Waals surface area contributed by atoms with Gasteiger partial charge >= 0.3 is 12.1 Å². The molecule has 27 heavy (non-hydrogen) atoms. The number of hydrogen-bond acceptors (Lipinski definition) is 5. The molecule has 0 aromatic heterocycles. The first-order valence-electron chi connectivity index (χ1n) is 8.39. The average molecular weight is 391 g/mol. The number of aliphatic hydroxyl groups is 1. The van der Waals surface area contributed by atoms with Crippen LogP contribution >= 0.6 is 0 Å². The Bertz CT molecular complexity index is 660. The molecule has 9 heteroatoms. The van der Waals surface area contributed by atoms with Gasteiger partial charge in [0.15, 0.2) is 5.79 Å². The number of carbonyl (C=O) groups is 1. The number of ether oxygens (including phenoxy) is 3. The van der Waals surface area contributed by atoms with E-state index in [0.717, 1.165) is 7.05 Å². The molecular weight excluding hydrogens is 367 g/mol. The third kappa shape index (κ3) is 4.72. The monoisotopic (exact) mass is 391 g/mol. The standard InChI is InChI=1S/C18H24F3NO5/c1-10(23)14-15(27-17(2,3)26-14)13(22(4)16(24)18(19,20)21)11-6-8-12(25-5)9-7-11/h6-10,13-15,23H,1-5H3/t10-,13+,14+,15+/m0/s1. The van der Waals surface area contributed by atoms with Crippen LogP contribution < -0.4 is 4.74 Å². The molecule has 6 nitrogen and oxygen atoms in total. The van der Waals surface area contributed by atoms with Crippen molar-refractivity contribution in [1.29, 1.82) is 0 Å². The number of likely N-dealkylation sites (N-methyl/N-ethyl adjacent to an activating group) is 1. The maximum atomic E-state index is 13.1. The van der Waals surface area contributed by atoms with E-state index in [-0.39, 0.29) is 0 Å². The number of nitrogens with zero attached hydrogens (tertiary/aromatic N) is 1. The number of rotatable bonds is 5. The van der Waals surface area contributed by atoms with Crippen LogP contribution in [0.4, 0.5) is 13.2 Å². The van der Waals surface area contributed by atoms with Crippen LogP contribution in [0, 0.1) is 0 Å². The summed E-state index contributed by atoms with van der Waals surface area (Å²) in [4.78, 5) is 12.5. The number of aliphatic hydroxyl groups excluding tert-OH is 1. The summed E-state index contributed by atoms with van der Waals surface area (Å²) in [5, 5.41) is 10.1. The number of carbonyl (C=O) groups excluding carboxylic acids is 1. The Hall–Kier alpha value is -1.84. The molecular formula is C18H24F3NO5. The minimum absolute atomic E-state index is 0.396. The van der Waals surface area contributed by atoms with Gasteiger partial charge in [-0.1, -0.05) is 12.1 Å². The molecule has 1 heterocycles. The average Bonchev–Trinajstić information content (AvgIpc) is 2.89. The smallest absolute Gasteiger partial charge is 0.471 e. The first-order chi connectivity index (χ1) is 12.4. The van der Waals surface area contributed by atoms with Gasteiger partial charge in [0.1, 0.15) is 18.0 Å². The molecule has 1 aliphatic heterocycles. The Kier molecular flexibility index (Phi) is 6.08. The van der Waals surface area contributed by atoms with Crippen molar-refractivity contribution in [3.8, 4) is 5.75 Å². The first kappa shape index (κ1) is 21.5. The van der Waals surface area contributed by atoms with E-state index in [9.17, 15) is 23.1 Å². The Morgan fingerprint density at radius 2 is 1.74 bits per heavy atom. The zero-order chi connectivity index (χ0) is 20.6. The number of halogens is 3. The van der Waals surface area contributed by atoms with E-state index in [1.54, 1.807) is 38.1 Å². The highest BCUT2D eigenvalue weighted by molar-refractivity contribution is 5.82. The van der Waals surface area contributed by atoms with E-state index >= 15 is 0 Å². The van der Waals surface area contributed by atoms with Crippen LogP contribution in [0.3, 0.4) is 0 Å². The predicted octanol–water partition coefficient (Wildman–Crippen LogP) is 2.66. The number of benzene rings is 1. The van der Waals surface area contributed by atoms with Crippen molar-refractivity contribution < 1.29 is 37.3 Å². The first-order valence-corrected chi connectivity index (χ1v) is 8.39. The fourth-order valence-corrected chi connectivity index (χ4v) is 3.20. The zero-order valence-corrected chi connectivity index (χ0v) is 15.8. The van der Waals surface area contributed by atoms with Crippen LogP contribution in [0.1, 0.15) is 32.4 Å². The topological polar surface area (TPSA) is 68.2 Å². The highest BCUT2D eigenvalue weighted by atomic mass is 19.4. The lowest BCUT2D eigenvalue weighted by Crippen LogP contribution is -2.48. The van der Waals surface area contributed by atoms with Crippen molar-refractivity contribution >= 4 is 5.91 Å². The third-order valence-electron chi connectivity index (χ3n) is 4.39. The van der Waals surface area contributed by atoms with E-state index in [4.69, 9.17) is 14.2 Å². The Labute approximate surface area is 155 Å². The van der Waals surface area contributed by atoms with Gasteiger partial charge < -0.3 is 24.2 Å². The van der Waals surface area contributed by atoms with Gasteiger partial charge in [-0.15, -0.1) is 0 Å². The van der Waals surface area contributed by atoms with E-state index in [1.807, 2.05) is 0 Å². The molecule has 0 unspecified atom stereocenters. The van der Waals surface area contributed by atoms with Crippen LogP contribution in [-0.4, -0.2) is 60.3 Å². The minimum atomic E-state index is -5.05. The molecule has 1 aliphatic rings. The van der Waals surface area contributed by atoms with Gasteiger partial charge in [0.2, 0.25) is 0 Å². The van der Waals surface area contributed by atoms with Crippen molar-refractivity contribution in [3.05, 3.63) is 29.8 Å². The van der Waals surface area contributed by atoms with E-state index < -0.39 is 42.2 Å². The van der Waals surface area contributed by atoms with Crippen LogP contribution in [0.15, 0.2) is 24.3 Å². The second-order valence-corrected chi connectivity index (χ2v) is 6.94. The predicted molar refractivity (Wildman–Crippen MR) is 90.1 cm³/mol. The van der Waals surface area contributed by atoms with Gasteiger partial charge in [-0.2, -0.15) is 13.2 Å². The molecule has 1 saturated heterocycles. The number of methoxy groups -OCH3 is 1. The lowest BCUT2D eigenvalue weighted by Gasteiger charge is -2.35. The highest BCUT2D eigenvalue weighted by Gasteiger charge is 2.52. The molecule has 0 aliphatic carbocycles. The van der Waals surface area contributed by atoms with Gasteiger partial charge in [-0.25, -0.2) is 0 Å². The highest BCUT2D eigenvalue weighted by Crippen LogP contribution is 2.40. The van der Waals surface area contributed by atoms with Crippen LogP contribution in [0.25, 0.3) is 0 Å². The summed E-state index contributed by atoms with van der Waals surface area (Å²) in [5.41, 5.74) is 0.396. The molecule has 0 spiro atoms. The SMILES string of the molecule is COc1ccc([C@H]([C@H]2OC(C)(C)O[C@@H]2[C@H](C)O)N(C)C(=O)C(F)(F)F)cc1. The second-order valence-electron chi connectivity index (χ2n) is 6.94. The Morgan fingerprint density at radius 1 is 1.22 bits per heavy atom. The molecule has 0 saturated carbocycles. The molecule has 1 aromatic rings. The fourth-order valence-electron chi connectivity index (χ4n) is 3.20. The Morgan fingerprint density at radius 3 is 2.19 bits per heavy atom. The summed E-state index contributed by atoms with van der Waals surface area (Å²) in [7, 11) is 2.52. The van der Waals surface area contributed by atoms with Gasteiger partial charge in [-0.05, 0) is 38.5 Å². The third-order valence-corrected chi connectivity index (χ3v) is 4.39. The Balaban J connectivity index is 2.49. The molecule has 1 amide bonds. The number of hydrogen-bond donors (Lipinski definition) is 1. The maximum absolute atomic E-state index is 13.1. The van der Waals surface area contributed by atoms with Crippen molar-refractivity contribution in [2.75, 3.05) is 14.2 Å². The minimum Gasteiger partial charge on any atom is -0.497 e.